The lowest BCUT2D eigenvalue weighted by molar-refractivity contribution is -0.359. The highest BCUT2D eigenvalue weighted by Crippen LogP contribution is 2.52. The molecule has 0 aliphatic heterocycles. The number of benzene rings is 2. The van der Waals surface area contributed by atoms with Gasteiger partial charge >= 0.3 is 18.0 Å². The zero-order chi connectivity index (χ0) is 27.1. The Bertz CT molecular complexity index is 1350. The smallest absolute Gasteiger partial charge is 0.263 e. The zero-order valence-corrected chi connectivity index (χ0v) is 22.1. The second-order valence-corrected chi connectivity index (χ2v) is 11.1. The van der Waals surface area contributed by atoms with Crippen LogP contribution in [-0.4, -0.2) is 25.5 Å². The first-order chi connectivity index (χ1) is 16.5. The number of anilines is 2. The Labute approximate surface area is 222 Å². The van der Waals surface area contributed by atoms with Gasteiger partial charge in [-0.1, -0.05) is 44.0 Å². The predicted molar refractivity (Wildman–Crippen MR) is 126 cm³/mol. The van der Waals surface area contributed by atoms with Crippen molar-refractivity contribution < 1.29 is 39.2 Å². The SMILES string of the molecule is O=S(=O)(c1cc(Br)cc(Br)c1)N(c1cccnc1)c1cc(C(F)(F)C(F)(F)C(F)(F)F)ccc1CCl. The molecule has 1 aromatic heterocycles. The summed E-state index contributed by atoms with van der Waals surface area (Å²) >= 11 is 12.1. The number of rotatable bonds is 7. The largest absolute Gasteiger partial charge is 0.460 e. The normalized spacial score (nSPS) is 13.1. The molecule has 0 bridgehead atoms. The first kappa shape index (κ1) is 28.7. The summed E-state index contributed by atoms with van der Waals surface area (Å²) in [7, 11) is -4.69. The fourth-order valence-corrected chi connectivity index (χ4v) is 6.48. The van der Waals surface area contributed by atoms with Crippen LogP contribution in [0.3, 0.4) is 0 Å². The minimum Gasteiger partial charge on any atom is -0.263 e. The lowest BCUT2D eigenvalue weighted by atomic mass is 9.99. The van der Waals surface area contributed by atoms with Crippen molar-refractivity contribution in [3.05, 3.63) is 81.0 Å². The third kappa shape index (κ3) is 5.22. The molecule has 0 aliphatic rings. The molecule has 3 aromatic rings. The van der Waals surface area contributed by atoms with Crippen molar-refractivity contribution in [1.82, 2.24) is 4.98 Å². The van der Waals surface area contributed by atoms with E-state index in [0.29, 0.717) is 19.3 Å². The lowest BCUT2D eigenvalue weighted by Gasteiger charge is -2.31. The molecule has 0 saturated heterocycles. The van der Waals surface area contributed by atoms with Crippen LogP contribution in [0.5, 0.6) is 0 Å². The van der Waals surface area contributed by atoms with Gasteiger partial charge in [0.25, 0.3) is 10.0 Å². The Balaban J connectivity index is 2.34. The molecule has 1 heterocycles. The van der Waals surface area contributed by atoms with Gasteiger partial charge in [-0.3, -0.25) is 4.98 Å². The maximum atomic E-state index is 14.5. The molecule has 36 heavy (non-hydrogen) atoms. The highest BCUT2D eigenvalue weighted by Gasteiger charge is 2.73. The Hall–Kier alpha value is -1.90. The summed E-state index contributed by atoms with van der Waals surface area (Å²) in [6.45, 7) is 0. The van der Waals surface area contributed by atoms with Gasteiger partial charge in [-0.2, -0.15) is 30.7 Å². The Morgan fingerprint density at radius 1 is 0.917 bits per heavy atom. The summed E-state index contributed by atoms with van der Waals surface area (Å²) in [6.07, 6.45) is -4.27. The minimum absolute atomic E-state index is 0.145. The first-order valence-electron chi connectivity index (χ1n) is 9.47. The van der Waals surface area contributed by atoms with Crippen LogP contribution in [0.2, 0.25) is 0 Å². The van der Waals surface area contributed by atoms with E-state index < -0.39 is 45.2 Å². The van der Waals surface area contributed by atoms with E-state index in [1.807, 2.05) is 0 Å². The van der Waals surface area contributed by atoms with Crippen molar-refractivity contribution >= 4 is 64.9 Å². The maximum Gasteiger partial charge on any atom is 0.460 e. The number of halogens is 10. The summed E-state index contributed by atoms with van der Waals surface area (Å²) in [5, 5.41) is 0. The standard InChI is InChI=1S/C21H12Br2ClF7N2O2S/c22-14-7-15(23)9-17(8-14)36(34,35)33(16-2-1-5-32-11-16)18-6-13(4-3-12(18)10-24)19(25,26)20(27,28)21(29,30)31/h1-9,11H,10H2. The van der Waals surface area contributed by atoms with E-state index in [2.05, 4.69) is 36.8 Å². The van der Waals surface area contributed by atoms with Gasteiger partial charge in [0.2, 0.25) is 0 Å². The van der Waals surface area contributed by atoms with Crippen LogP contribution >= 0.6 is 43.5 Å². The number of pyridine rings is 1. The molecular formula is C21H12Br2ClF7N2O2S. The molecule has 0 fully saturated rings. The Morgan fingerprint density at radius 3 is 2.03 bits per heavy atom. The number of hydrogen-bond donors (Lipinski definition) is 0. The molecule has 3 rings (SSSR count). The van der Waals surface area contributed by atoms with Gasteiger partial charge in [0.05, 0.1) is 22.5 Å². The number of hydrogen-bond acceptors (Lipinski definition) is 3. The topological polar surface area (TPSA) is 50.3 Å². The molecule has 15 heteroatoms. The summed E-state index contributed by atoms with van der Waals surface area (Å²) in [6, 6.07) is 7.75. The van der Waals surface area contributed by atoms with Crippen molar-refractivity contribution in [2.24, 2.45) is 0 Å². The van der Waals surface area contributed by atoms with Gasteiger partial charge in [-0.05, 0) is 42.0 Å². The Kier molecular flexibility index (Phi) is 8.05. The highest BCUT2D eigenvalue weighted by molar-refractivity contribution is 9.11. The third-order valence-electron chi connectivity index (χ3n) is 4.82. The Morgan fingerprint density at radius 2 is 1.53 bits per heavy atom. The van der Waals surface area contributed by atoms with Gasteiger partial charge in [0.1, 0.15) is 0 Å². The van der Waals surface area contributed by atoms with E-state index >= 15 is 0 Å². The molecule has 194 valence electrons. The molecule has 0 spiro atoms. The van der Waals surface area contributed by atoms with E-state index in [0.717, 1.165) is 12.3 Å². The van der Waals surface area contributed by atoms with Crippen molar-refractivity contribution in [2.75, 3.05) is 4.31 Å². The van der Waals surface area contributed by atoms with Crippen LogP contribution in [0.25, 0.3) is 0 Å². The number of nitrogens with zero attached hydrogens (tertiary/aromatic N) is 2. The summed E-state index contributed by atoms with van der Waals surface area (Å²) in [4.78, 5) is 3.43. The van der Waals surface area contributed by atoms with Gasteiger partial charge < -0.3 is 0 Å². The minimum atomic E-state index is -6.58. The zero-order valence-electron chi connectivity index (χ0n) is 17.4. The molecule has 0 aliphatic carbocycles. The fraction of sp³-hybridized carbons (Fsp3) is 0.190. The van der Waals surface area contributed by atoms with Crippen molar-refractivity contribution in [2.45, 2.75) is 28.8 Å². The van der Waals surface area contributed by atoms with Crippen LogP contribution in [0.15, 0.2) is 74.8 Å². The molecule has 0 unspecified atom stereocenters. The number of sulfonamides is 1. The van der Waals surface area contributed by atoms with Crippen LogP contribution in [0, 0.1) is 0 Å². The average molecular weight is 685 g/mol. The third-order valence-corrected chi connectivity index (χ3v) is 7.74. The quantitative estimate of drug-likeness (QED) is 0.187. The predicted octanol–water partition coefficient (Wildman–Crippen LogP) is 8.16. The van der Waals surface area contributed by atoms with Gasteiger partial charge in [-0.25, -0.2) is 12.7 Å². The average Bonchev–Trinajstić information content (AvgIpc) is 2.78. The van der Waals surface area contributed by atoms with Crippen molar-refractivity contribution in [3.8, 4) is 0 Å². The molecular weight excluding hydrogens is 673 g/mol. The van der Waals surface area contributed by atoms with Gasteiger partial charge in [-0.15, -0.1) is 11.6 Å². The molecule has 0 atom stereocenters. The fourth-order valence-electron chi connectivity index (χ4n) is 3.08. The molecule has 4 nitrogen and oxygen atoms in total. The maximum absolute atomic E-state index is 14.5. The molecule has 0 amide bonds. The molecule has 0 saturated carbocycles. The van der Waals surface area contributed by atoms with E-state index in [9.17, 15) is 39.2 Å². The molecule has 0 radical (unpaired) electrons. The summed E-state index contributed by atoms with van der Waals surface area (Å²) in [5.74, 6) is -12.7. The van der Waals surface area contributed by atoms with Gasteiger partial charge in [0.15, 0.2) is 0 Å². The number of alkyl halides is 8. The highest BCUT2D eigenvalue weighted by atomic mass is 79.9. The van der Waals surface area contributed by atoms with Crippen LogP contribution in [-0.2, 0) is 21.8 Å². The second-order valence-electron chi connectivity index (χ2n) is 7.21. The summed E-state index contributed by atoms with van der Waals surface area (Å²) in [5.41, 5.74) is -2.80. The van der Waals surface area contributed by atoms with Gasteiger partial charge in [0, 0.05) is 26.6 Å². The van der Waals surface area contributed by atoms with Crippen molar-refractivity contribution in [1.29, 1.82) is 0 Å². The van der Waals surface area contributed by atoms with Crippen LogP contribution < -0.4 is 4.31 Å². The van der Waals surface area contributed by atoms with Crippen LogP contribution in [0.4, 0.5) is 42.1 Å². The molecule has 0 N–H and O–H groups in total. The van der Waals surface area contributed by atoms with Crippen LogP contribution in [0.1, 0.15) is 11.1 Å². The monoisotopic (exact) mass is 682 g/mol. The van der Waals surface area contributed by atoms with Crippen molar-refractivity contribution in [3.63, 3.8) is 0 Å². The van der Waals surface area contributed by atoms with E-state index in [-0.39, 0.29) is 22.2 Å². The second kappa shape index (κ2) is 10.1. The lowest BCUT2D eigenvalue weighted by Crippen LogP contribution is -2.50. The van der Waals surface area contributed by atoms with E-state index in [4.69, 9.17) is 11.6 Å². The van der Waals surface area contributed by atoms with E-state index in [1.165, 1.54) is 36.5 Å². The first-order valence-corrected chi connectivity index (χ1v) is 13.0. The van der Waals surface area contributed by atoms with E-state index in [1.54, 1.807) is 0 Å². The molecule has 2 aromatic carbocycles. The summed E-state index contributed by atoms with van der Waals surface area (Å²) < 4.78 is 124. The number of aromatic nitrogens is 1.